The molecule has 0 saturated heterocycles. The number of carbonyl (C=O) groups is 2. The summed E-state index contributed by atoms with van der Waals surface area (Å²) in [6.07, 6.45) is -0.114. The molecular weight excluding hydrogens is 234 g/mol. The molecule has 18 heavy (non-hydrogen) atoms. The second kappa shape index (κ2) is 7.41. The molecule has 1 amide bonds. The van der Waals surface area contributed by atoms with Crippen molar-refractivity contribution in [2.75, 3.05) is 18.4 Å². The van der Waals surface area contributed by atoms with Crippen molar-refractivity contribution >= 4 is 17.6 Å². The molecule has 0 heterocycles. The molecule has 0 fully saturated rings. The number of aliphatic carboxylic acids is 1. The summed E-state index contributed by atoms with van der Waals surface area (Å²) in [7, 11) is 0. The summed E-state index contributed by atoms with van der Waals surface area (Å²) in [5.74, 6) is -1.57. The Balaban J connectivity index is 2.48. The first-order chi connectivity index (χ1) is 8.63. The van der Waals surface area contributed by atoms with Crippen molar-refractivity contribution in [2.24, 2.45) is 0 Å². The Hall–Kier alpha value is -1.92. The largest absolute Gasteiger partial charge is 0.544 e. The van der Waals surface area contributed by atoms with Gasteiger partial charge in [-0.2, -0.15) is 0 Å². The molecule has 0 saturated carbocycles. The van der Waals surface area contributed by atoms with E-state index in [0.29, 0.717) is 18.8 Å². The van der Waals surface area contributed by atoms with Crippen molar-refractivity contribution in [3.63, 3.8) is 0 Å². The lowest BCUT2D eigenvalue weighted by molar-refractivity contribution is -0.695. The zero-order valence-corrected chi connectivity index (χ0v) is 10.1. The number of nitrogens with one attached hydrogen (secondary N) is 1. The average molecular weight is 252 g/mol. The molecule has 1 aromatic rings. The summed E-state index contributed by atoms with van der Waals surface area (Å²) in [6, 6.07) is 8.04. The Morgan fingerprint density at radius 2 is 2.00 bits per heavy atom. The number of carboxylic acid groups (broad SMARTS) is 1. The number of carbonyl (C=O) groups excluding carboxylic acids is 2. The van der Waals surface area contributed by atoms with Crippen molar-refractivity contribution in [3.05, 3.63) is 30.3 Å². The maximum absolute atomic E-state index is 11.7. The first kappa shape index (κ1) is 14.1. The Labute approximate surface area is 105 Å². The minimum Gasteiger partial charge on any atom is -0.544 e. The molecule has 0 aliphatic heterocycles. The van der Waals surface area contributed by atoms with Gasteiger partial charge < -0.3 is 26.3 Å². The third-order valence-electron chi connectivity index (χ3n) is 2.42. The van der Waals surface area contributed by atoms with E-state index in [4.69, 9.17) is 0 Å². The fourth-order valence-electron chi connectivity index (χ4n) is 1.52. The Morgan fingerprint density at radius 1 is 1.33 bits per heavy atom. The lowest BCUT2D eigenvalue weighted by Gasteiger charge is -2.15. The van der Waals surface area contributed by atoms with Gasteiger partial charge in [0.25, 0.3) is 0 Å². The van der Waals surface area contributed by atoms with E-state index in [1.54, 1.807) is 29.6 Å². The van der Waals surface area contributed by atoms with Gasteiger partial charge in [0.05, 0.1) is 12.4 Å². The predicted octanol–water partition coefficient (Wildman–Crippen LogP) is -3.06. The van der Waals surface area contributed by atoms with Gasteiger partial charge in [-0.15, -0.1) is 0 Å². The third kappa shape index (κ3) is 4.94. The number of para-hydroxylation sites is 1. The summed E-state index contributed by atoms with van der Waals surface area (Å²) in [5.41, 5.74) is 4.27. The zero-order valence-electron chi connectivity index (χ0n) is 10.1. The van der Waals surface area contributed by atoms with Gasteiger partial charge in [-0.3, -0.25) is 4.79 Å². The van der Waals surface area contributed by atoms with Crippen molar-refractivity contribution < 1.29 is 25.7 Å². The van der Waals surface area contributed by atoms with Crippen LogP contribution in [0, 0.1) is 0 Å². The van der Waals surface area contributed by atoms with Crippen molar-refractivity contribution in [2.45, 2.75) is 12.5 Å². The van der Waals surface area contributed by atoms with Crippen molar-refractivity contribution in [1.29, 1.82) is 0 Å². The van der Waals surface area contributed by atoms with Gasteiger partial charge in [-0.25, -0.2) is 0 Å². The van der Waals surface area contributed by atoms with Gasteiger partial charge in [-0.1, -0.05) is 18.2 Å². The topological polar surface area (TPSA) is 113 Å². The van der Waals surface area contributed by atoms with Crippen LogP contribution in [0.2, 0.25) is 0 Å². The van der Waals surface area contributed by atoms with Gasteiger partial charge in [0.15, 0.2) is 0 Å². The zero-order chi connectivity index (χ0) is 13.4. The van der Waals surface area contributed by atoms with Gasteiger partial charge in [-0.05, 0) is 12.1 Å². The Bertz CT molecular complexity index is 395. The molecule has 0 aromatic heterocycles. The number of benzene rings is 1. The standard InChI is InChI=1S/C12H17N3O3/c13-6-7-14-10(12(17)18)8-11(16)15-9-4-2-1-3-5-9/h1-5,10,14H,6-8,13H2,(H,15,16)(H,17,18)/p+1/t10-/m1/s1. The predicted molar refractivity (Wildman–Crippen MR) is 63.0 cm³/mol. The molecule has 0 aliphatic carbocycles. The number of rotatable bonds is 7. The summed E-state index contributed by atoms with van der Waals surface area (Å²) >= 11 is 0. The first-order valence-electron chi connectivity index (χ1n) is 5.82. The second-order valence-electron chi connectivity index (χ2n) is 3.92. The highest BCUT2D eigenvalue weighted by molar-refractivity contribution is 5.93. The van der Waals surface area contributed by atoms with Crippen LogP contribution in [0.3, 0.4) is 0 Å². The van der Waals surface area contributed by atoms with Crippen LogP contribution >= 0.6 is 0 Å². The number of anilines is 1. The molecule has 6 nitrogen and oxygen atoms in total. The number of carboxylic acids is 1. The molecule has 6 N–H and O–H groups in total. The number of hydrogen-bond acceptors (Lipinski definition) is 3. The van der Waals surface area contributed by atoms with Crippen LogP contribution in [0.4, 0.5) is 5.69 Å². The maximum atomic E-state index is 11.7. The molecule has 0 unspecified atom stereocenters. The summed E-state index contributed by atoms with van der Waals surface area (Å²) in [6.45, 7) is 1.15. The first-order valence-corrected chi connectivity index (χ1v) is 5.82. The van der Waals surface area contributed by atoms with Crippen LogP contribution in [0.15, 0.2) is 30.3 Å². The van der Waals surface area contributed by atoms with Crippen LogP contribution in [0.5, 0.6) is 0 Å². The van der Waals surface area contributed by atoms with Gasteiger partial charge in [0.1, 0.15) is 19.1 Å². The highest BCUT2D eigenvalue weighted by atomic mass is 16.4. The van der Waals surface area contributed by atoms with Gasteiger partial charge in [0, 0.05) is 5.69 Å². The Morgan fingerprint density at radius 3 is 2.56 bits per heavy atom. The number of quaternary nitrogens is 2. The fourth-order valence-corrected chi connectivity index (χ4v) is 1.52. The molecule has 6 heteroatoms. The lowest BCUT2D eigenvalue weighted by atomic mass is 10.2. The second-order valence-corrected chi connectivity index (χ2v) is 3.92. The average Bonchev–Trinajstić information content (AvgIpc) is 2.35. The van der Waals surface area contributed by atoms with E-state index in [1.165, 1.54) is 0 Å². The van der Waals surface area contributed by atoms with E-state index >= 15 is 0 Å². The summed E-state index contributed by atoms with van der Waals surface area (Å²) < 4.78 is 0. The highest BCUT2D eigenvalue weighted by Gasteiger charge is 2.17. The van der Waals surface area contributed by atoms with Crippen molar-refractivity contribution in [1.82, 2.24) is 0 Å². The van der Waals surface area contributed by atoms with Crippen LogP contribution in [0.1, 0.15) is 6.42 Å². The van der Waals surface area contributed by atoms with Gasteiger partial charge >= 0.3 is 0 Å². The molecule has 0 radical (unpaired) electrons. The van der Waals surface area contributed by atoms with E-state index < -0.39 is 12.0 Å². The SMILES string of the molecule is [NH3+]CC[NH2+][C@H](CC(=O)Nc1ccccc1)C(=O)[O-]. The monoisotopic (exact) mass is 252 g/mol. The summed E-state index contributed by atoms with van der Waals surface area (Å²) in [4.78, 5) is 22.5. The van der Waals surface area contributed by atoms with E-state index in [0.717, 1.165) is 0 Å². The van der Waals surface area contributed by atoms with Crippen molar-refractivity contribution in [3.8, 4) is 0 Å². The number of hydrogen-bond donors (Lipinski definition) is 3. The van der Waals surface area contributed by atoms with E-state index in [9.17, 15) is 14.7 Å². The number of nitrogens with two attached hydrogens (primary N) is 1. The summed E-state index contributed by atoms with van der Waals surface area (Å²) in [5, 5.41) is 15.1. The maximum Gasteiger partial charge on any atom is 0.230 e. The van der Waals surface area contributed by atoms with E-state index in [-0.39, 0.29) is 12.3 Å². The van der Waals surface area contributed by atoms with E-state index in [2.05, 4.69) is 11.1 Å². The molecule has 0 spiro atoms. The fraction of sp³-hybridized carbons (Fsp3) is 0.333. The van der Waals surface area contributed by atoms with Crippen LogP contribution in [-0.2, 0) is 9.59 Å². The third-order valence-corrected chi connectivity index (χ3v) is 2.42. The number of amides is 1. The molecule has 1 atom stereocenters. The molecule has 98 valence electrons. The van der Waals surface area contributed by atoms with E-state index in [1.807, 2.05) is 6.07 Å². The molecular formula is C12H18N3O3+. The van der Waals surface area contributed by atoms with Crippen LogP contribution in [0.25, 0.3) is 0 Å². The molecule has 0 bridgehead atoms. The highest BCUT2D eigenvalue weighted by Crippen LogP contribution is 2.05. The Kier molecular flexibility index (Phi) is 5.83. The molecule has 1 rings (SSSR count). The minimum absolute atomic E-state index is 0.114. The van der Waals surface area contributed by atoms with Gasteiger partial charge in [0.2, 0.25) is 5.91 Å². The molecule has 0 aliphatic rings. The van der Waals surface area contributed by atoms with Crippen LogP contribution in [-0.4, -0.2) is 31.0 Å². The minimum atomic E-state index is -1.23. The normalized spacial score (nSPS) is 11.8. The molecule has 1 aromatic carbocycles. The lowest BCUT2D eigenvalue weighted by Crippen LogP contribution is -2.95. The smallest absolute Gasteiger partial charge is 0.230 e. The quantitative estimate of drug-likeness (QED) is 0.478. The van der Waals surface area contributed by atoms with Crippen LogP contribution < -0.4 is 21.5 Å².